The summed E-state index contributed by atoms with van der Waals surface area (Å²) in [6.07, 6.45) is 0. The molecule has 22 aromatic carbocycles. The number of nitrogens with one attached hydrogen (secondary N) is 1. The largest absolute Gasteiger partial charge is 0.355 e. The van der Waals surface area contributed by atoms with Crippen molar-refractivity contribution in [3.63, 3.8) is 0 Å². The number of nitrogens with zero attached hydrogens (tertiary/aromatic N) is 1. The van der Waals surface area contributed by atoms with Crippen molar-refractivity contribution in [3.05, 3.63) is 520 Å². The lowest BCUT2D eigenvalue weighted by atomic mass is 9.70. The molecule has 131 heavy (non-hydrogen) atoms. The Kier molecular flexibility index (Phi) is 17.1. The third kappa shape index (κ3) is 11.1. The van der Waals surface area contributed by atoms with E-state index in [-0.39, 0.29) is 10.8 Å². The Morgan fingerprint density at radius 2 is 0.481 bits per heavy atom. The molecule has 0 heterocycles. The lowest BCUT2D eigenvalue weighted by molar-refractivity contribution is 0.660. The van der Waals surface area contributed by atoms with E-state index in [1.807, 2.05) is 0 Å². The fourth-order valence-corrected chi connectivity index (χ4v) is 24.7. The first kappa shape index (κ1) is 76.7. The van der Waals surface area contributed by atoms with Crippen molar-refractivity contribution in [2.75, 3.05) is 10.2 Å². The van der Waals surface area contributed by atoms with Crippen LogP contribution in [0.15, 0.2) is 453 Å². The fourth-order valence-electron chi connectivity index (χ4n) is 24.4. The molecule has 0 unspecified atom stereocenters. The molecule has 6 aliphatic rings. The topological polar surface area (TPSA) is 15.3 Å². The van der Waals surface area contributed by atoms with E-state index in [1.54, 1.807) is 0 Å². The predicted octanol–water partition coefficient (Wildman–Crippen LogP) is 34.6. The number of anilines is 5. The van der Waals surface area contributed by atoms with Crippen molar-refractivity contribution >= 4 is 109 Å². The van der Waals surface area contributed by atoms with Crippen LogP contribution in [0.1, 0.15) is 94.5 Å². The van der Waals surface area contributed by atoms with Gasteiger partial charge in [0.15, 0.2) is 0 Å². The SMILES string of the molecule is CC1(C)c2ccccc2-c2ccc(Br)cc21.CC1(C)c2ccccc2-c2ccc(N(c3ccc4c5ccccc5c5ccccc5c4c3)c3cc4c(cc3-c3ccccc3)-c3ccccc3C43c4ccccc4-c4ccccc43)cc21.c1ccc(-c2cc3c(cc2Nc2ccc4c5ccccc5c5ccccc5c4c2)C2(c4ccccc4-c4ccccc42)c2ccccc2-3)cc1. The van der Waals surface area contributed by atoms with E-state index in [4.69, 9.17) is 0 Å². The van der Waals surface area contributed by atoms with Crippen LogP contribution < -0.4 is 10.2 Å². The van der Waals surface area contributed by atoms with Crippen LogP contribution in [0, 0.1) is 0 Å². The van der Waals surface area contributed by atoms with Gasteiger partial charge in [0.05, 0.1) is 16.5 Å². The number of rotatable bonds is 7. The summed E-state index contributed by atoms with van der Waals surface area (Å²) < 4.78 is 1.16. The Morgan fingerprint density at radius 3 is 0.908 bits per heavy atom. The van der Waals surface area contributed by atoms with Crippen molar-refractivity contribution in [3.8, 4) is 89.0 Å². The van der Waals surface area contributed by atoms with Gasteiger partial charge in [-0.25, -0.2) is 0 Å². The van der Waals surface area contributed by atoms with Gasteiger partial charge in [-0.15, -0.1) is 0 Å². The highest BCUT2D eigenvalue weighted by atomic mass is 79.9. The van der Waals surface area contributed by atoms with Gasteiger partial charge in [0, 0.05) is 49.2 Å². The highest BCUT2D eigenvalue weighted by molar-refractivity contribution is 9.10. The van der Waals surface area contributed by atoms with Crippen LogP contribution in [0.2, 0.25) is 0 Å². The molecule has 3 heteroatoms. The molecular formula is C128H87BrN2. The van der Waals surface area contributed by atoms with Crippen LogP contribution in [-0.2, 0) is 21.7 Å². The second-order valence-corrected chi connectivity index (χ2v) is 38.2. The van der Waals surface area contributed by atoms with E-state index in [0.29, 0.717) is 0 Å². The maximum Gasteiger partial charge on any atom is 0.0726 e. The summed E-state index contributed by atoms with van der Waals surface area (Å²) in [5.41, 5.74) is 41.6. The molecule has 6 aliphatic carbocycles. The predicted molar refractivity (Wildman–Crippen MR) is 555 cm³/mol. The molecule has 0 atom stereocenters. The molecule has 0 bridgehead atoms. The Morgan fingerprint density at radius 1 is 0.191 bits per heavy atom. The molecule has 22 aromatic rings. The summed E-state index contributed by atoms with van der Waals surface area (Å²) in [4.78, 5) is 2.58. The molecule has 0 amide bonds. The minimum absolute atomic E-state index is 0.121. The Bertz CT molecular complexity index is 8440. The summed E-state index contributed by atoms with van der Waals surface area (Å²) in [5.74, 6) is 0. The van der Waals surface area contributed by atoms with E-state index >= 15 is 0 Å². The second-order valence-electron chi connectivity index (χ2n) is 37.3. The van der Waals surface area contributed by atoms with Gasteiger partial charge in [0.2, 0.25) is 0 Å². The van der Waals surface area contributed by atoms with E-state index < -0.39 is 10.8 Å². The summed E-state index contributed by atoms with van der Waals surface area (Å²) >= 11 is 3.56. The van der Waals surface area contributed by atoms with E-state index in [9.17, 15) is 0 Å². The quantitative estimate of drug-likeness (QED) is 0.160. The first-order valence-corrected chi connectivity index (χ1v) is 46.7. The minimum atomic E-state index is -0.491. The van der Waals surface area contributed by atoms with Crippen molar-refractivity contribution in [2.45, 2.75) is 49.4 Å². The molecule has 0 saturated heterocycles. The van der Waals surface area contributed by atoms with E-state index in [1.165, 1.54) is 220 Å². The molecule has 2 nitrogen and oxygen atoms in total. The van der Waals surface area contributed by atoms with Gasteiger partial charge in [-0.3, -0.25) is 0 Å². The van der Waals surface area contributed by atoms with Gasteiger partial charge in [-0.05, 0) is 282 Å². The van der Waals surface area contributed by atoms with Crippen molar-refractivity contribution < 1.29 is 0 Å². The number of fused-ring (bicyclic) bond motifs is 38. The lowest BCUT2D eigenvalue weighted by Gasteiger charge is -2.34. The molecule has 0 saturated carbocycles. The summed E-state index contributed by atoms with van der Waals surface area (Å²) in [7, 11) is 0. The Labute approximate surface area is 771 Å². The van der Waals surface area contributed by atoms with E-state index in [0.717, 1.165) is 32.9 Å². The Hall–Kier alpha value is -15.5. The van der Waals surface area contributed by atoms with Crippen LogP contribution in [-0.4, -0.2) is 0 Å². The number of benzene rings is 22. The molecule has 1 N–H and O–H groups in total. The van der Waals surface area contributed by atoms with Gasteiger partial charge >= 0.3 is 0 Å². The monoisotopic (exact) mass is 1730 g/mol. The molecule has 0 radical (unpaired) electrons. The summed E-state index contributed by atoms with van der Waals surface area (Å²) in [5, 5.41) is 19.3. The van der Waals surface area contributed by atoms with Crippen molar-refractivity contribution in [1.82, 2.24) is 0 Å². The number of hydrogen-bond acceptors (Lipinski definition) is 2. The third-order valence-electron chi connectivity index (χ3n) is 30.0. The molecule has 616 valence electrons. The van der Waals surface area contributed by atoms with Crippen LogP contribution in [0.4, 0.5) is 28.4 Å². The van der Waals surface area contributed by atoms with Crippen LogP contribution in [0.5, 0.6) is 0 Å². The zero-order valence-corrected chi connectivity index (χ0v) is 74.6. The van der Waals surface area contributed by atoms with E-state index in [2.05, 4.69) is 503 Å². The minimum Gasteiger partial charge on any atom is -0.355 e. The molecule has 2 spiro atoms. The maximum absolute atomic E-state index is 3.99. The highest BCUT2D eigenvalue weighted by Gasteiger charge is 2.54. The molecule has 0 aromatic heterocycles. The smallest absolute Gasteiger partial charge is 0.0726 e. The zero-order valence-electron chi connectivity index (χ0n) is 73.0. The average Bonchev–Trinajstić information content (AvgIpc) is 1.51. The van der Waals surface area contributed by atoms with Gasteiger partial charge in [-0.2, -0.15) is 0 Å². The van der Waals surface area contributed by atoms with Gasteiger partial charge < -0.3 is 10.2 Å². The van der Waals surface area contributed by atoms with Gasteiger partial charge in [0.25, 0.3) is 0 Å². The number of halogens is 1. The maximum atomic E-state index is 3.99. The number of hydrogen-bond donors (Lipinski definition) is 1. The highest BCUT2D eigenvalue weighted by Crippen LogP contribution is 2.67. The summed E-state index contributed by atoms with van der Waals surface area (Å²) in [6.45, 7) is 9.37. The normalized spacial score (nSPS) is 14.1. The summed E-state index contributed by atoms with van der Waals surface area (Å²) in [6, 6.07) is 167. The van der Waals surface area contributed by atoms with Gasteiger partial charge in [0.1, 0.15) is 0 Å². The molecule has 0 fully saturated rings. The molecule has 0 aliphatic heterocycles. The first-order chi connectivity index (χ1) is 64.4. The first-order valence-electron chi connectivity index (χ1n) is 45.9. The van der Waals surface area contributed by atoms with Crippen LogP contribution in [0.3, 0.4) is 0 Å². The third-order valence-corrected chi connectivity index (χ3v) is 30.5. The molecular weight excluding hydrogens is 1650 g/mol. The zero-order chi connectivity index (χ0) is 87.2. The lowest BCUT2D eigenvalue weighted by Crippen LogP contribution is -2.26. The van der Waals surface area contributed by atoms with Gasteiger partial charge in [-0.1, -0.05) is 420 Å². The average molecular weight is 1730 g/mol. The second kappa shape index (κ2) is 29.3. The van der Waals surface area contributed by atoms with Crippen LogP contribution >= 0.6 is 15.9 Å². The van der Waals surface area contributed by atoms with Crippen molar-refractivity contribution in [2.24, 2.45) is 0 Å². The van der Waals surface area contributed by atoms with Crippen LogP contribution in [0.25, 0.3) is 154 Å². The molecule has 28 rings (SSSR count). The fraction of sp³-hybridized carbons (Fsp3) is 0.0625. The van der Waals surface area contributed by atoms with Crippen molar-refractivity contribution in [1.29, 1.82) is 0 Å². The Balaban J connectivity index is 0.000000120. The standard InChI is InChI=1S/C64H43N.C49H31N.C15H13Br/c1-63(2)56-28-14-10-24-48(56)52-35-33-42(37-60(52)63)65(41-32-34-47-45-22-7-6-20-43(45)44-21-8-9-23-46(44)54(47)36-41)62-39-61-55(38-53(62)40-18-4-3-5-19-40)51-27-13-17-31-59(51)64(61)57-29-15-11-25-49(57)50-26-12-16-30-58(50)64;1-2-14-31(15-3-1)41-29-43-40-22-10-13-25-46(40)49(44-23-11-8-20-38(44)39-21-9-12-24-45(39)49)47(43)30-48(41)50-32-26-27-37-35-18-5-4-16-33(35)34-17-6-7-19-36(34)42(37)28-32;1-15(2)13-6-4-3-5-11(13)12-8-7-10(16)9-14(12)15/h3-39H,1-2H3;1-30,50H;3-9H,1-2H3.